The molecule has 5 N–H and O–H groups in total. The van der Waals surface area contributed by atoms with Gasteiger partial charge in [-0.05, 0) is 39.7 Å². The van der Waals surface area contributed by atoms with Gasteiger partial charge in [-0.15, -0.1) is 0 Å². The minimum absolute atomic E-state index is 0.0214. The summed E-state index contributed by atoms with van der Waals surface area (Å²) in [5.74, 6) is -0.424. The molecule has 2 aromatic carbocycles. The fourth-order valence-corrected chi connectivity index (χ4v) is 2.60. The summed E-state index contributed by atoms with van der Waals surface area (Å²) < 4.78 is 0. The summed E-state index contributed by atoms with van der Waals surface area (Å²) in [7, 11) is 0. The number of aliphatic carboxylic acids is 1. The fraction of sp³-hybridized carbons (Fsp3) is 0.409. The minimum Gasteiger partial charge on any atom is -0.507 e. The Labute approximate surface area is 161 Å². The van der Waals surface area contributed by atoms with Crippen LogP contribution in [0.2, 0.25) is 0 Å². The first-order valence-electron chi connectivity index (χ1n) is 8.85. The number of para-hydroxylation sites is 2. The van der Waals surface area contributed by atoms with Crippen LogP contribution in [0.3, 0.4) is 0 Å². The number of nitrogens with two attached hydrogens (primary N) is 1. The summed E-state index contributed by atoms with van der Waals surface area (Å²) in [6.07, 6.45) is -0.0214. The number of hydrogen-bond acceptors (Lipinski definition) is 4. The summed E-state index contributed by atoms with van der Waals surface area (Å²) in [5, 5.41) is 28.2. The predicted octanol–water partition coefficient (Wildman–Crippen LogP) is 4.59. The highest BCUT2D eigenvalue weighted by molar-refractivity contribution is 5.71. The summed E-state index contributed by atoms with van der Waals surface area (Å²) in [6.45, 7) is 12.1. The third-order valence-electron chi connectivity index (χ3n) is 4.08. The van der Waals surface area contributed by atoms with Gasteiger partial charge in [-0.25, -0.2) is 0 Å². The smallest absolute Gasteiger partial charge is 0.307 e. The van der Waals surface area contributed by atoms with E-state index in [1.165, 1.54) is 0 Å². The van der Waals surface area contributed by atoms with Gasteiger partial charge in [-0.2, -0.15) is 0 Å². The van der Waals surface area contributed by atoms with Crippen molar-refractivity contribution in [1.29, 1.82) is 0 Å². The van der Waals surface area contributed by atoms with Crippen molar-refractivity contribution in [2.24, 2.45) is 0 Å². The molecule has 0 saturated heterocycles. The first-order chi connectivity index (χ1) is 12.2. The Balaban J connectivity index is 0.000000377. The Morgan fingerprint density at radius 2 is 1.37 bits per heavy atom. The average Bonchev–Trinajstić information content (AvgIpc) is 2.50. The van der Waals surface area contributed by atoms with E-state index in [-0.39, 0.29) is 28.7 Å². The van der Waals surface area contributed by atoms with Crippen LogP contribution in [0.4, 0.5) is 5.69 Å². The van der Waals surface area contributed by atoms with Crippen LogP contribution in [0.1, 0.15) is 58.2 Å². The van der Waals surface area contributed by atoms with Gasteiger partial charge in [0.05, 0.1) is 12.1 Å². The van der Waals surface area contributed by atoms with Gasteiger partial charge in [0, 0.05) is 0 Å². The molecular formula is C22H31NO4. The highest BCUT2D eigenvalue weighted by atomic mass is 16.4. The molecule has 0 aliphatic rings. The molecule has 5 nitrogen and oxygen atoms in total. The van der Waals surface area contributed by atoms with Gasteiger partial charge in [-0.1, -0.05) is 65.8 Å². The quantitative estimate of drug-likeness (QED) is 0.455. The Bertz CT molecular complexity index is 743. The molecule has 27 heavy (non-hydrogen) atoms. The van der Waals surface area contributed by atoms with E-state index in [1.54, 1.807) is 36.4 Å². The maximum Gasteiger partial charge on any atom is 0.307 e. The van der Waals surface area contributed by atoms with Gasteiger partial charge in [0.2, 0.25) is 0 Å². The molecule has 0 bridgehead atoms. The van der Waals surface area contributed by atoms with Crippen molar-refractivity contribution in [2.75, 3.05) is 5.73 Å². The van der Waals surface area contributed by atoms with E-state index in [9.17, 15) is 9.90 Å². The van der Waals surface area contributed by atoms with Crippen LogP contribution < -0.4 is 5.73 Å². The second-order valence-corrected chi connectivity index (χ2v) is 8.67. The molecule has 5 heteroatoms. The highest BCUT2D eigenvalue weighted by Crippen LogP contribution is 2.39. The van der Waals surface area contributed by atoms with Crippen molar-refractivity contribution in [2.45, 2.75) is 58.8 Å². The highest BCUT2D eigenvalue weighted by Gasteiger charge is 2.26. The summed E-state index contributed by atoms with van der Waals surface area (Å²) >= 11 is 0. The monoisotopic (exact) mass is 373 g/mol. The van der Waals surface area contributed by atoms with Crippen molar-refractivity contribution >= 4 is 11.7 Å². The number of carboxylic acid groups (broad SMARTS) is 1. The van der Waals surface area contributed by atoms with Crippen molar-refractivity contribution < 1.29 is 20.1 Å². The Hall–Kier alpha value is -2.69. The number of phenolic OH excluding ortho intramolecular Hbond substituents is 2. The van der Waals surface area contributed by atoms with E-state index in [0.717, 1.165) is 16.7 Å². The van der Waals surface area contributed by atoms with Crippen LogP contribution in [0.15, 0.2) is 36.4 Å². The van der Waals surface area contributed by atoms with E-state index in [0.29, 0.717) is 5.69 Å². The lowest BCUT2D eigenvalue weighted by Crippen LogP contribution is -2.18. The lowest BCUT2D eigenvalue weighted by Gasteiger charge is -2.28. The molecule has 0 aliphatic heterocycles. The number of carbonyl (C=O) groups is 1. The topological polar surface area (TPSA) is 104 Å². The molecule has 0 radical (unpaired) electrons. The van der Waals surface area contributed by atoms with Crippen molar-refractivity contribution in [3.05, 3.63) is 53.1 Å². The molecule has 0 spiro atoms. The van der Waals surface area contributed by atoms with E-state index in [4.69, 9.17) is 15.9 Å². The van der Waals surface area contributed by atoms with Crippen molar-refractivity contribution in [3.8, 4) is 11.5 Å². The molecule has 0 heterocycles. The van der Waals surface area contributed by atoms with E-state index >= 15 is 0 Å². The van der Waals surface area contributed by atoms with Crippen LogP contribution in [0, 0.1) is 0 Å². The largest absolute Gasteiger partial charge is 0.507 e. The van der Waals surface area contributed by atoms with Crippen LogP contribution in [-0.4, -0.2) is 21.3 Å². The Kier molecular flexibility index (Phi) is 6.90. The van der Waals surface area contributed by atoms with E-state index in [2.05, 4.69) is 0 Å². The Morgan fingerprint density at radius 1 is 0.926 bits per heavy atom. The molecule has 0 fully saturated rings. The SMILES string of the molecule is CC(C)(C)c1cc(CC(=O)O)cc(C(C)(C)C)c1O.Nc1ccccc1O. The summed E-state index contributed by atoms with van der Waals surface area (Å²) in [4.78, 5) is 10.9. The Morgan fingerprint density at radius 3 is 1.67 bits per heavy atom. The molecule has 0 saturated carbocycles. The molecular weight excluding hydrogens is 342 g/mol. The number of nitrogen functional groups attached to an aromatic ring is 1. The van der Waals surface area contributed by atoms with Crippen molar-refractivity contribution in [3.63, 3.8) is 0 Å². The predicted molar refractivity (Wildman–Crippen MR) is 109 cm³/mol. The number of phenols is 2. The van der Waals surface area contributed by atoms with Crippen LogP contribution >= 0.6 is 0 Å². The second kappa shape index (κ2) is 8.33. The zero-order chi connectivity index (χ0) is 21.0. The van der Waals surface area contributed by atoms with Gasteiger partial charge in [0.25, 0.3) is 0 Å². The summed E-state index contributed by atoms with van der Waals surface area (Å²) in [6, 6.07) is 10.3. The van der Waals surface area contributed by atoms with Gasteiger partial charge < -0.3 is 21.1 Å². The van der Waals surface area contributed by atoms with Crippen molar-refractivity contribution in [1.82, 2.24) is 0 Å². The zero-order valence-electron chi connectivity index (χ0n) is 17.0. The van der Waals surface area contributed by atoms with E-state index < -0.39 is 5.97 Å². The third kappa shape index (κ3) is 6.51. The molecule has 0 amide bonds. The van der Waals surface area contributed by atoms with Gasteiger partial charge >= 0.3 is 5.97 Å². The summed E-state index contributed by atoms with van der Waals surface area (Å²) in [5.41, 5.74) is 7.59. The molecule has 0 aliphatic carbocycles. The second-order valence-electron chi connectivity index (χ2n) is 8.67. The van der Waals surface area contributed by atoms with E-state index in [1.807, 2.05) is 41.5 Å². The van der Waals surface area contributed by atoms with Gasteiger partial charge in [0.15, 0.2) is 0 Å². The normalized spacial score (nSPS) is 11.5. The lowest BCUT2D eigenvalue weighted by molar-refractivity contribution is -0.136. The fourth-order valence-electron chi connectivity index (χ4n) is 2.60. The maximum absolute atomic E-state index is 10.9. The first-order valence-corrected chi connectivity index (χ1v) is 8.85. The number of carboxylic acids is 1. The maximum atomic E-state index is 10.9. The van der Waals surface area contributed by atoms with Crippen LogP contribution in [0.25, 0.3) is 0 Å². The van der Waals surface area contributed by atoms with Gasteiger partial charge in [-0.3, -0.25) is 4.79 Å². The third-order valence-corrected chi connectivity index (χ3v) is 4.08. The molecule has 148 valence electrons. The molecule has 0 atom stereocenters. The number of aromatic hydroxyl groups is 2. The van der Waals surface area contributed by atoms with Crippen LogP contribution in [0.5, 0.6) is 11.5 Å². The lowest BCUT2D eigenvalue weighted by atomic mass is 9.78. The standard InChI is InChI=1S/C16H24O3.C6H7NO/c1-15(2,3)11-7-10(9-13(17)18)8-12(14(11)19)16(4,5)6;7-5-3-1-2-4-6(5)8/h7-8,19H,9H2,1-6H3,(H,17,18);1-4,8H,7H2. The van der Waals surface area contributed by atoms with Crippen LogP contribution in [-0.2, 0) is 22.0 Å². The number of anilines is 1. The molecule has 2 rings (SSSR count). The minimum atomic E-state index is -0.856. The average molecular weight is 373 g/mol. The zero-order valence-corrected chi connectivity index (χ0v) is 17.0. The number of hydrogen-bond donors (Lipinski definition) is 4. The number of rotatable bonds is 2. The van der Waals surface area contributed by atoms with Gasteiger partial charge in [0.1, 0.15) is 11.5 Å². The molecule has 0 aromatic heterocycles. The first kappa shape index (κ1) is 22.4. The molecule has 2 aromatic rings. The molecule has 0 unspecified atom stereocenters. The number of benzene rings is 2.